The van der Waals surface area contributed by atoms with Crippen LogP contribution in [0.5, 0.6) is 0 Å². The lowest BCUT2D eigenvalue weighted by Gasteiger charge is -2.30. The van der Waals surface area contributed by atoms with Gasteiger partial charge in [0, 0.05) is 29.6 Å². The maximum Gasteiger partial charge on any atom is 0.341 e. The highest BCUT2D eigenvalue weighted by Gasteiger charge is 2.30. The van der Waals surface area contributed by atoms with E-state index in [4.69, 9.17) is 4.74 Å². The number of nitrogens with one attached hydrogen (secondary N) is 1. The molecular formula is C20H23FN2O3S. The van der Waals surface area contributed by atoms with Gasteiger partial charge < -0.3 is 10.1 Å². The first-order valence-corrected chi connectivity index (χ1v) is 9.85. The van der Waals surface area contributed by atoms with E-state index in [2.05, 4.69) is 24.1 Å². The summed E-state index contributed by atoms with van der Waals surface area (Å²) in [4.78, 5) is 28.5. The van der Waals surface area contributed by atoms with E-state index in [1.165, 1.54) is 35.6 Å². The normalized spacial score (nSPS) is 14.1. The van der Waals surface area contributed by atoms with Crippen LogP contribution >= 0.6 is 11.3 Å². The number of esters is 1. The third-order valence-electron chi connectivity index (χ3n) is 4.63. The smallest absolute Gasteiger partial charge is 0.341 e. The number of halogens is 1. The van der Waals surface area contributed by atoms with Crippen molar-refractivity contribution in [3.8, 4) is 0 Å². The monoisotopic (exact) mass is 390 g/mol. The van der Waals surface area contributed by atoms with Crippen molar-refractivity contribution >= 4 is 28.2 Å². The Morgan fingerprint density at radius 2 is 2.00 bits per heavy atom. The number of benzene rings is 1. The fraction of sp³-hybridized carbons (Fsp3) is 0.400. The highest BCUT2D eigenvalue weighted by atomic mass is 32.1. The van der Waals surface area contributed by atoms with Crippen LogP contribution in [-0.4, -0.2) is 36.0 Å². The first kappa shape index (κ1) is 19.5. The Balaban J connectivity index is 1.92. The highest BCUT2D eigenvalue weighted by molar-refractivity contribution is 7.17. The summed E-state index contributed by atoms with van der Waals surface area (Å²) in [5.74, 6) is -1.19. The Bertz CT molecular complexity index is 846. The second-order valence-electron chi connectivity index (χ2n) is 6.70. The van der Waals surface area contributed by atoms with Gasteiger partial charge in [0.25, 0.3) is 5.91 Å². The molecule has 0 bridgehead atoms. The Morgan fingerprint density at radius 3 is 2.63 bits per heavy atom. The molecule has 0 unspecified atom stereocenters. The van der Waals surface area contributed by atoms with Gasteiger partial charge in [-0.2, -0.15) is 0 Å². The van der Waals surface area contributed by atoms with E-state index in [0.29, 0.717) is 22.2 Å². The molecule has 0 spiro atoms. The zero-order valence-electron chi connectivity index (χ0n) is 15.7. The van der Waals surface area contributed by atoms with E-state index in [1.807, 2.05) is 0 Å². The molecule has 144 valence electrons. The molecule has 3 rings (SSSR count). The zero-order valence-corrected chi connectivity index (χ0v) is 16.5. The van der Waals surface area contributed by atoms with Crippen molar-refractivity contribution in [2.75, 3.05) is 18.5 Å². The Kier molecular flexibility index (Phi) is 5.92. The standard InChI is InChI=1S/C20H23FN2O3S/c1-4-26-20(25)17-15-9-10-23(12(2)3)11-16(15)27-19(17)22-18(24)13-5-7-14(21)8-6-13/h5-8,12H,4,9-11H2,1-3H3,(H,22,24). The SMILES string of the molecule is CCOC(=O)c1c(NC(=O)c2ccc(F)cc2)sc2c1CCN(C(C)C)C2. The van der Waals surface area contributed by atoms with E-state index >= 15 is 0 Å². The van der Waals surface area contributed by atoms with Gasteiger partial charge >= 0.3 is 5.97 Å². The van der Waals surface area contributed by atoms with Crippen molar-refractivity contribution in [1.82, 2.24) is 4.90 Å². The molecule has 1 amide bonds. The van der Waals surface area contributed by atoms with E-state index in [1.54, 1.807) is 6.92 Å². The van der Waals surface area contributed by atoms with Gasteiger partial charge in [-0.3, -0.25) is 9.69 Å². The molecule has 1 aliphatic heterocycles. The van der Waals surface area contributed by atoms with Gasteiger partial charge in [-0.25, -0.2) is 9.18 Å². The number of carbonyl (C=O) groups is 2. The van der Waals surface area contributed by atoms with Gasteiger partial charge in [-0.1, -0.05) is 0 Å². The summed E-state index contributed by atoms with van der Waals surface area (Å²) in [7, 11) is 0. The van der Waals surface area contributed by atoms with Crippen molar-refractivity contribution < 1.29 is 18.7 Å². The molecule has 7 heteroatoms. The number of anilines is 1. The van der Waals surface area contributed by atoms with Gasteiger partial charge in [0.15, 0.2) is 0 Å². The average Bonchev–Trinajstić information content (AvgIpc) is 2.99. The van der Waals surface area contributed by atoms with Crippen LogP contribution in [0.4, 0.5) is 9.39 Å². The lowest BCUT2D eigenvalue weighted by Crippen LogP contribution is -2.35. The molecule has 2 aromatic rings. The van der Waals surface area contributed by atoms with Crippen LogP contribution in [0.2, 0.25) is 0 Å². The summed E-state index contributed by atoms with van der Waals surface area (Å²) < 4.78 is 18.3. The van der Waals surface area contributed by atoms with Gasteiger partial charge in [-0.15, -0.1) is 11.3 Å². The van der Waals surface area contributed by atoms with Gasteiger partial charge in [-0.05, 0) is 57.0 Å². The molecule has 0 aliphatic carbocycles. The van der Waals surface area contributed by atoms with Crippen LogP contribution < -0.4 is 5.32 Å². The number of carbonyl (C=O) groups excluding carboxylic acids is 2. The van der Waals surface area contributed by atoms with E-state index in [0.717, 1.165) is 30.0 Å². The van der Waals surface area contributed by atoms with Crippen molar-refractivity contribution in [2.45, 2.75) is 39.8 Å². The second kappa shape index (κ2) is 8.19. The molecular weight excluding hydrogens is 367 g/mol. The van der Waals surface area contributed by atoms with Crippen molar-refractivity contribution in [3.63, 3.8) is 0 Å². The molecule has 27 heavy (non-hydrogen) atoms. The quantitative estimate of drug-likeness (QED) is 0.782. The molecule has 1 aliphatic rings. The molecule has 1 N–H and O–H groups in total. The molecule has 0 saturated carbocycles. The van der Waals surface area contributed by atoms with E-state index in [-0.39, 0.29) is 12.5 Å². The number of amides is 1. The molecule has 1 aromatic carbocycles. The number of fused-ring (bicyclic) bond motifs is 1. The number of hydrogen-bond donors (Lipinski definition) is 1. The number of nitrogens with zero attached hydrogens (tertiary/aromatic N) is 1. The summed E-state index contributed by atoms with van der Waals surface area (Å²) in [6.45, 7) is 7.92. The van der Waals surface area contributed by atoms with E-state index < -0.39 is 11.8 Å². The number of ether oxygens (including phenoxy) is 1. The van der Waals surface area contributed by atoms with Crippen LogP contribution in [0, 0.1) is 5.82 Å². The fourth-order valence-electron chi connectivity index (χ4n) is 3.15. The molecule has 1 aromatic heterocycles. The fourth-order valence-corrected chi connectivity index (χ4v) is 4.40. The summed E-state index contributed by atoms with van der Waals surface area (Å²) in [5.41, 5.74) is 1.75. The second-order valence-corrected chi connectivity index (χ2v) is 7.81. The van der Waals surface area contributed by atoms with Crippen LogP contribution in [0.15, 0.2) is 24.3 Å². The molecule has 2 heterocycles. The highest BCUT2D eigenvalue weighted by Crippen LogP contribution is 2.38. The predicted molar refractivity (Wildman–Crippen MR) is 104 cm³/mol. The van der Waals surface area contributed by atoms with Crippen molar-refractivity contribution in [3.05, 3.63) is 51.7 Å². The minimum Gasteiger partial charge on any atom is -0.462 e. The predicted octanol–water partition coefficient (Wildman–Crippen LogP) is 4.08. The van der Waals surface area contributed by atoms with Gasteiger partial charge in [0.05, 0.1) is 12.2 Å². The molecule has 5 nitrogen and oxygen atoms in total. The molecule has 0 radical (unpaired) electrons. The topological polar surface area (TPSA) is 58.6 Å². The Hall–Kier alpha value is -2.25. The maximum atomic E-state index is 13.1. The van der Waals surface area contributed by atoms with Gasteiger partial charge in [0.1, 0.15) is 10.8 Å². The van der Waals surface area contributed by atoms with Gasteiger partial charge in [0.2, 0.25) is 0 Å². The lowest BCUT2D eigenvalue weighted by molar-refractivity contribution is 0.0526. The van der Waals surface area contributed by atoms with Crippen LogP contribution in [-0.2, 0) is 17.7 Å². The maximum absolute atomic E-state index is 13.1. The average molecular weight is 390 g/mol. The first-order chi connectivity index (χ1) is 12.9. The van der Waals surface area contributed by atoms with Crippen LogP contribution in [0.3, 0.4) is 0 Å². The minimum absolute atomic E-state index is 0.271. The van der Waals surface area contributed by atoms with E-state index in [9.17, 15) is 14.0 Å². The number of hydrogen-bond acceptors (Lipinski definition) is 5. The number of rotatable bonds is 5. The Labute approximate surface area is 162 Å². The molecule has 0 saturated heterocycles. The molecule has 0 atom stereocenters. The minimum atomic E-state index is -0.414. The number of thiophene rings is 1. The summed E-state index contributed by atoms with van der Waals surface area (Å²) >= 11 is 1.41. The molecule has 0 fully saturated rings. The van der Waals surface area contributed by atoms with Crippen LogP contribution in [0.1, 0.15) is 51.9 Å². The summed E-state index contributed by atoms with van der Waals surface area (Å²) in [6.07, 6.45) is 0.741. The lowest BCUT2D eigenvalue weighted by atomic mass is 10.0. The summed E-state index contributed by atoms with van der Waals surface area (Å²) in [5, 5.41) is 3.32. The van der Waals surface area contributed by atoms with Crippen molar-refractivity contribution in [2.24, 2.45) is 0 Å². The van der Waals surface area contributed by atoms with Crippen LogP contribution in [0.25, 0.3) is 0 Å². The largest absolute Gasteiger partial charge is 0.462 e. The Morgan fingerprint density at radius 1 is 1.30 bits per heavy atom. The zero-order chi connectivity index (χ0) is 19.6. The van der Waals surface area contributed by atoms with Crippen molar-refractivity contribution in [1.29, 1.82) is 0 Å². The third-order valence-corrected chi connectivity index (χ3v) is 5.76. The first-order valence-electron chi connectivity index (χ1n) is 9.03. The third kappa shape index (κ3) is 4.20. The summed E-state index contributed by atoms with van der Waals surface area (Å²) in [6, 6.07) is 5.72.